The zero-order valence-corrected chi connectivity index (χ0v) is 17.7. The molecule has 164 valence electrons. The third-order valence-corrected chi connectivity index (χ3v) is 5.57. The van der Waals surface area contributed by atoms with Crippen LogP contribution in [-0.2, 0) is 0 Å². The van der Waals surface area contributed by atoms with Gasteiger partial charge in [0.25, 0.3) is 0 Å². The zero-order valence-electron chi connectivity index (χ0n) is 17.7. The molecule has 1 fully saturated rings. The summed E-state index contributed by atoms with van der Waals surface area (Å²) in [5, 5.41) is 9.99. The summed E-state index contributed by atoms with van der Waals surface area (Å²) in [7, 11) is 0. The second-order valence-electron chi connectivity index (χ2n) is 7.85. The number of hydrogen-bond acceptors (Lipinski definition) is 6. The van der Waals surface area contributed by atoms with Crippen LogP contribution in [0, 0.1) is 5.92 Å². The molecular formula is C25H26N4O3. The highest BCUT2D eigenvalue weighted by Crippen LogP contribution is 2.30. The van der Waals surface area contributed by atoms with E-state index in [9.17, 15) is 9.90 Å². The van der Waals surface area contributed by atoms with Crippen LogP contribution in [0.15, 0.2) is 77.8 Å². The molecule has 0 radical (unpaired) electrons. The topological polar surface area (TPSA) is 114 Å². The van der Waals surface area contributed by atoms with Gasteiger partial charge in [0.2, 0.25) is 11.7 Å². The van der Waals surface area contributed by atoms with E-state index in [0.29, 0.717) is 23.4 Å². The lowest BCUT2D eigenvalue weighted by molar-refractivity contribution is 0.103. The maximum Gasteiger partial charge on any atom is 0.238 e. The molecule has 0 aliphatic heterocycles. The van der Waals surface area contributed by atoms with Crippen LogP contribution in [0.5, 0.6) is 5.75 Å². The van der Waals surface area contributed by atoms with Crippen molar-refractivity contribution < 1.29 is 14.6 Å². The number of carbonyl (C=O) groups excluding carboxylic acids is 1. The van der Waals surface area contributed by atoms with Gasteiger partial charge >= 0.3 is 0 Å². The van der Waals surface area contributed by atoms with Gasteiger partial charge in [0.15, 0.2) is 5.82 Å². The van der Waals surface area contributed by atoms with Gasteiger partial charge in [-0.25, -0.2) is 9.98 Å². The monoisotopic (exact) mass is 430 g/mol. The smallest absolute Gasteiger partial charge is 0.238 e. The van der Waals surface area contributed by atoms with E-state index >= 15 is 0 Å². The van der Waals surface area contributed by atoms with E-state index in [1.54, 1.807) is 30.3 Å². The molecule has 0 amide bonds. The largest absolute Gasteiger partial charge is 0.437 e. The summed E-state index contributed by atoms with van der Waals surface area (Å²) < 4.78 is 5.95. The average Bonchev–Trinajstić information content (AvgIpc) is 3.25. The number of H-pyrrole nitrogens is 1. The van der Waals surface area contributed by atoms with Crippen LogP contribution in [0.1, 0.15) is 41.9 Å². The number of benzene rings is 2. The number of nitrogens with one attached hydrogen (secondary N) is 1. The number of hydrogen-bond donors (Lipinski definition) is 3. The Bertz CT molecular complexity index is 1140. The number of allylic oxidation sites excluding steroid dienone is 2. The standard InChI is InChI=1S/C25H26N4O3/c1-2-14-27-25(22(26)17-6-5-7-18(30)15-17)32-19-12-10-16(11-13-19)23(31)24-28-20-8-3-4-9-21(20)29-24/h2-4,8-14,17-18,30H,1,5-7,15,26H2,(H,28,29)/b25-22+,27-14-/t17-,18-/m1/s1. The number of carbonyl (C=O) groups is 1. The van der Waals surface area contributed by atoms with Crippen LogP contribution in [0.25, 0.3) is 11.0 Å². The van der Waals surface area contributed by atoms with Crippen molar-refractivity contribution >= 4 is 23.0 Å². The maximum absolute atomic E-state index is 12.8. The molecule has 0 saturated heterocycles. The van der Waals surface area contributed by atoms with Crippen LogP contribution in [0.4, 0.5) is 0 Å². The van der Waals surface area contributed by atoms with Gasteiger partial charge in [-0.15, -0.1) is 0 Å². The molecule has 0 spiro atoms. The lowest BCUT2D eigenvalue weighted by Gasteiger charge is -2.26. The van der Waals surface area contributed by atoms with Gasteiger partial charge in [0.05, 0.1) is 22.8 Å². The first-order valence-corrected chi connectivity index (χ1v) is 10.7. The van der Waals surface area contributed by atoms with Crippen molar-refractivity contribution in [1.82, 2.24) is 9.97 Å². The molecule has 1 heterocycles. The molecule has 1 saturated carbocycles. The fourth-order valence-electron chi connectivity index (χ4n) is 3.88. The molecular weight excluding hydrogens is 404 g/mol. The number of para-hydroxylation sites is 2. The summed E-state index contributed by atoms with van der Waals surface area (Å²) >= 11 is 0. The Hall–Kier alpha value is -3.71. The van der Waals surface area contributed by atoms with E-state index in [0.717, 1.165) is 30.3 Å². The molecule has 2 aromatic carbocycles. The van der Waals surface area contributed by atoms with Gasteiger partial charge in [-0.2, -0.15) is 0 Å². The number of aromatic nitrogens is 2. The molecule has 32 heavy (non-hydrogen) atoms. The number of aromatic amines is 1. The molecule has 7 nitrogen and oxygen atoms in total. The SMILES string of the molecule is C=C/C=N\C(Oc1ccc(C(=O)c2nc3ccccc3[nH]2)cc1)=C(/N)[C@@H]1CCC[C@@H](O)C1. The second-order valence-corrected chi connectivity index (χ2v) is 7.85. The quantitative estimate of drug-likeness (QED) is 0.297. The number of nitrogens with zero attached hydrogens (tertiary/aromatic N) is 2. The van der Waals surface area contributed by atoms with Crippen LogP contribution < -0.4 is 10.5 Å². The molecule has 1 aromatic heterocycles. The molecule has 1 aliphatic rings. The Morgan fingerprint density at radius 1 is 1.22 bits per heavy atom. The van der Waals surface area contributed by atoms with Crippen molar-refractivity contribution in [1.29, 1.82) is 0 Å². The van der Waals surface area contributed by atoms with E-state index in [1.165, 1.54) is 6.21 Å². The third kappa shape index (κ3) is 4.78. The second kappa shape index (κ2) is 9.62. The summed E-state index contributed by atoms with van der Waals surface area (Å²) in [6, 6.07) is 14.3. The average molecular weight is 431 g/mol. The van der Waals surface area contributed by atoms with E-state index in [4.69, 9.17) is 10.5 Å². The molecule has 1 aliphatic carbocycles. The summed E-state index contributed by atoms with van der Waals surface area (Å²) in [4.78, 5) is 24.5. The molecule has 0 bridgehead atoms. The number of ketones is 1. The first kappa shape index (κ1) is 21.5. The van der Waals surface area contributed by atoms with Crippen molar-refractivity contribution in [2.24, 2.45) is 16.6 Å². The van der Waals surface area contributed by atoms with Gasteiger partial charge in [-0.1, -0.05) is 31.2 Å². The van der Waals surface area contributed by atoms with Crippen molar-refractivity contribution in [3.63, 3.8) is 0 Å². The van der Waals surface area contributed by atoms with Crippen LogP contribution >= 0.6 is 0 Å². The normalized spacial score (nSPS) is 19.7. The Labute approximate surface area is 186 Å². The predicted molar refractivity (Wildman–Crippen MR) is 124 cm³/mol. The number of rotatable bonds is 7. The number of aliphatic hydroxyl groups is 1. The van der Waals surface area contributed by atoms with Crippen molar-refractivity contribution in [3.05, 3.63) is 84.2 Å². The molecule has 3 aromatic rings. The molecule has 4 rings (SSSR count). The van der Waals surface area contributed by atoms with Gasteiger partial charge in [-0.05, 0) is 55.7 Å². The fourth-order valence-corrected chi connectivity index (χ4v) is 3.88. The van der Waals surface area contributed by atoms with E-state index in [2.05, 4.69) is 21.5 Å². The molecule has 7 heteroatoms. The fraction of sp³-hybridized carbons (Fsp3) is 0.240. The van der Waals surface area contributed by atoms with Crippen molar-refractivity contribution in [2.45, 2.75) is 31.8 Å². The van der Waals surface area contributed by atoms with Crippen LogP contribution in [-0.4, -0.2) is 33.2 Å². The predicted octanol–water partition coefficient (Wildman–Crippen LogP) is 4.11. The Morgan fingerprint density at radius 3 is 2.72 bits per heavy atom. The minimum Gasteiger partial charge on any atom is -0.437 e. The van der Waals surface area contributed by atoms with Crippen LogP contribution in [0.2, 0.25) is 0 Å². The first-order chi connectivity index (χ1) is 15.5. The van der Waals surface area contributed by atoms with Crippen LogP contribution in [0.3, 0.4) is 0 Å². The van der Waals surface area contributed by atoms with Crippen molar-refractivity contribution in [3.8, 4) is 5.75 Å². The summed E-state index contributed by atoms with van der Waals surface area (Å²) in [5.74, 6) is 0.867. The number of nitrogens with two attached hydrogens (primary N) is 1. The highest BCUT2D eigenvalue weighted by Gasteiger charge is 2.25. The number of fused-ring (bicyclic) bond motifs is 1. The van der Waals surface area contributed by atoms with Gasteiger partial charge in [0, 0.05) is 17.7 Å². The highest BCUT2D eigenvalue weighted by molar-refractivity contribution is 6.08. The molecule has 2 atom stereocenters. The Balaban J connectivity index is 1.53. The van der Waals surface area contributed by atoms with E-state index in [-0.39, 0.29) is 29.5 Å². The highest BCUT2D eigenvalue weighted by atomic mass is 16.5. The van der Waals surface area contributed by atoms with E-state index in [1.807, 2.05) is 24.3 Å². The van der Waals surface area contributed by atoms with E-state index < -0.39 is 0 Å². The zero-order chi connectivity index (χ0) is 22.5. The minimum absolute atomic E-state index is 0.00431. The molecule has 4 N–H and O–H groups in total. The summed E-state index contributed by atoms with van der Waals surface area (Å²) in [6.45, 7) is 3.64. The molecule has 0 unspecified atom stereocenters. The first-order valence-electron chi connectivity index (χ1n) is 10.7. The van der Waals surface area contributed by atoms with Gasteiger partial charge < -0.3 is 20.6 Å². The number of ether oxygens (including phenoxy) is 1. The minimum atomic E-state index is -0.361. The Kier molecular flexibility index (Phi) is 6.47. The lowest BCUT2D eigenvalue weighted by Crippen LogP contribution is -2.25. The lowest BCUT2D eigenvalue weighted by atomic mass is 9.85. The number of imidazole rings is 1. The summed E-state index contributed by atoms with van der Waals surface area (Å²) in [6.07, 6.45) is 5.86. The summed E-state index contributed by atoms with van der Waals surface area (Å²) in [5.41, 5.74) is 8.91. The third-order valence-electron chi connectivity index (χ3n) is 5.57. The van der Waals surface area contributed by atoms with Crippen molar-refractivity contribution in [2.75, 3.05) is 0 Å². The maximum atomic E-state index is 12.8. The number of aliphatic imine (C=N–C) groups is 1. The van der Waals surface area contributed by atoms with Gasteiger partial charge in [-0.3, -0.25) is 4.79 Å². The number of aliphatic hydroxyl groups excluding tert-OH is 1. The van der Waals surface area contributed by atoms with Gasteiger partial charge in [0.1, 0.15) is 5.75 Å². The Morgan fingerprint density at radius 2 is 2.00 bits per heavy atom.